The summed E-state index contributed by atoms with van der Waals surface area (Å²) in [6.45, 7) is 0. The molecule has 0 spiro atoms. The van der Waals surface area contributed by atoms with E-state index in [1.807, 2.05) is 0 Å². The number of carbonyl (C=O) groups is 2. The first-order chi connectivity index (χ1) is 6.68. The number of halogens is 1. The molecule has 1 aromatic heterocycles. The van der Waals surface area contributed by atoms with E-state index in [9.17, 15) is 9.59 Å². The van der Waals surface area contributed by atoms with Crippen molar-refractivity contribution in [3.8, 4) is 0 Å². The maximum atomic E-state index is 11.2. The number of hydrogen-bond donors (Lipinski definition) is 0. The van der Waals surface area contributed by atoms with Crippen molar-refractivity contribution in [1.82, 2.24) is 4.98 Å². The van der Waals surface area contributed by atoms with Crippen molar-refractivity contribution >= 4 is 23.5 Å². The van der Waals surface area contributed by atoms with Gasteiger partial charge in [0.1, 0.15) is 0 Å². The SMILES string of the molecule is O=C1CC(c2ccncc2Cl)C(=O)O1. The van der Waals surface area contributed by atoms with Gasteiger partial charge in [-0.3, -0.25) is 14.6 Å². The summed E-state index contributed by atoms with van der Waals surface area (Å²) in [6, 6.07) is 1.62. The van der Waals surface area contributed by atoms with Gasteiger partial charge in [0, 0.05) is 12.4 Å². The summed E-state index contributed by atoms with van der Waals surface area (Å²) in [6.07, 6.45) is 3.02. The second-order valence-corrected chi connectivity index (χ2v) is 3.35. The van der Waals surface area contributed by atoms with E-state index < -0.39 is 17.9 Å². The molecule has 2 heterocycles. The Labute approximate surface area is 84.8 Å². The number of nitrogens with zero attached hydrogens (tertiary/aromatic N) is 1. The zero-order chi connectivity index (χ0) is 10.1. The summed E-state index contributed by atoms with van der Waals surface area (Å²) in [5.74, 6) is -1.62. The molecule has 0 bridgehead atoms. The van der Waals surface area contributed by atoms with Crippen molar-refractivity contribution in [2.45, 2.75) is 12.3 Å². The van der Waals surface area contributed by atoms with Gasteiger partial charge in [0.15, 0.2) is 0 Å². The van der Waals surface area contributed by atoms with Crippen molar-refractivity contribution in [3.05, 3.63) is 29.0 Å². The van der Waals surface area contributed by atoms with Gasteiger partial charge in [-0.1, -0.05) is 11.6 Å². The van der Waals surface area contributed by atoms with Crippen molar-refractivity contribution < 1.29 is 14.3 Å². The van der Waals surface area contributed by atoms with Crippen molar-refractivity contribution in [2.75, 3.05) is 0 Å². The van der Waals surface area contributed by atoms with Crippen LogP contribution in [0, 0.1) is 0 Å². The lowest BCUT2D eigenvalue weighted by atomic mass is 9.99. The molecule has 4 nitrogen and oxygen atoms in total. The highest BCUT2D eigenvalue weighted by Gasteiger charge is 2.35. The molecule has 1 aliphatic heterocycles. The average Bonchev–Trinajstić information content (AvgIpc) is 2.46. The number of carbonyl (C=O) groups excluding carboxylic acids is 2. The monoisotopic (exact) mass is 211 g/mol. The molecule has 0 aliphatic carbocycles. The first kappa shape index (κ1) is 9.15. The van der Waals surface area contributed by atoms with Crippen LogP contribution >= 0.6 is 11.6 Å². The minimum atomic E-state index is -0.571. The Morgan fingerprint density at radius 3 is 2.86 bits per heavy atom. The maximum absolute atomic E-state index is 11.2. The highest BCUT2D eigenvalue weighted by molar-refractivity contribution is 6.31. The third kappa shape index (κ3) is 1.48. The van der Waals surface area contributed by atoms with Gasteiger partial charge in [-0.25, -0.2) is 0 Å². The number of ether oxygens (including phenoxy) is 1. The molecule has 1 atom stereocenters. The first-order valence-corrected chi connectivity index (χ1v) is 4.40. The van der Waals surface area contributed by atoms with E-state index in [4.69, 9.17) is 11.6 Å². The Hall–Kier alpha value is -1.42. The molecule has 72 valence electrons. The van der Waals surface area contributed by atoms with Crippen molar-refractivity contribution in [3.63, 3.8) is 0 Å². The molecule has 1 unspecified atom stereocenters. The zero-order valence-corrected chi connectivity index (χ0v) is 7.82. The Bertz CT molecular complexity index is 405. The summed E-state index contributed by atoms with van der Waals surface area (Å²) < 4.78 is 4.43. The zero-order valence-electron chi connectivity index (χ0n) is 7.07. The van der Waals surface area contributed by atoms with Gasteiger partial charge in [0.25, 0.3) is 0 Å². The fourth-order valence-electron chi connectivity index (χ4n) is 1.38. The van der Waals surface area contributed by atoms with Crippen LogP contribution in [0.15, 0.2) is 18.5 Å². The minimum Gasteiger partial charge on any atom is -0.393 e. The average molecular weight is 212 g/mol. The van der Waals surface area contributed by atoms with Crippen molar-refractivity contribution in [2.24, 2.45) is 0 Å². The van der Waals surface area contributed by atoms with E-state index in [-0.39, 0.29) is 6.42 Å². The van der Waals surface area contributed by atoms with E-state index >= 15 is 0 Å². The van der Waals surface area contributed by atoms with Crippen LogP contribution in [0.1, 0.15) is 17.9 Å². The number of cyclic esters (lactones) is 2. The molecule has 0 N–H and O–H groups in total. The highest BCUT2D eigenvalue weighted by atomic mass is 35.5. The third-order valence-electron chi connectivity index (χ3n) is 2.05. The number of hydrogen-bond acceptors (Lipinski definition) is 4. The Morgan fingerprint density at radius 2 is 2.29 bits per heavy atom. The van der Waals surface area contributed by atoms with Crippen LogP contribution in [0.3, 0.4) is 0 Å². The number of rotatable bonds is 1. The largest absolute Gasteiger partial charge is 0.393 e. The fourth-order valence-corrected chi connectivity index (χ4v) is 1.63. The molecule has 5 heteroatoms. The smallest absolute Gasteiger partial charge is 0.321 e. The fraction of sp³-hybridized carbons (Fsp3) is 0.222. The van der Waals surface area contributed by atoms with Gasteiger partial charge in [-0.05, 0) is 11.6 Å². The molecule has 2 rings (SSSR count). The first-order valence-electron chi connectivity index (χ1n) is 4.02. The van der Waals surface area contributed by atoms with E-state index in [0.717, 1.165) is 0 Å². The molecule has 1 aromatic rings. The normalized spacial score (nSPS) is 21.1. The summed E-state index contributed by atoms with van der Waals surface area (Å²) in [5.41, 5.74) is 0.595. The second kappa shape index (κ2) is 3.38. The molecule has 0 amide bonds. The van der Waals surface area contributed by atoms with Crippen LogP contribution in [0.25, 0.3) is 0 Å². The molecular weight excluding hydrogens is 206 g/mol. The van der Waals surface area contributed by atoms with E-state index in [1.165, 1.54) is 12.4 Å². The highest BCUT2D eigenvalue weighted by Crippen LogP contribution is 2.31. The topological polar surface area (TPSA) is 56.3 Å². The van der Waals surface area contributed by atoms with Crippen LogP contribution in [0.4, 0.5) is 0 Å². The van der Waals surface area contributed by atoms with Crippen LogP contribution in [0.5, 0.6) is 0 Å². The lowest BCUT2D eigenvalue weighted by Crippen LogP contribution is -2.06. The van der Waals surface area contributed by atoms with Crippen LogP contribution < -0.4 is 0 Å². The van der Waals surface area contributed by atoms with Crippen molar-refractivity contribution in [1.29, 1.82) is 0 Å². The predicted octanol–water partition coefficient (Wildman–Crippen LogP) is 1.29. The number of pyridine rings is 1. The van der Waals surface area contributed by atoms with Gasteiger partial charge in [0.2, 0.25) is 0 Å². The van der Waals surface area contributed by atoms with Gasteiger partial charge in [-0.2, -0.15) is 0 Å². The lowest BCUT2D eigenvalue weighted by molar-refractivity contribution is -0.152. The summed E-state index contributed by atoms with van der Waals surface area (Å²) in [7, 11) is 0. The molecule has 0 radical (unpaired) electrons. The van der Waals surface area contributed by atoms with Crippen LogP contribution in [-0.2, 0) is 14.3 Å². The minimum absolute atomic E-state index is 0.0581. The van der Waals surface area contributed by atoms with Gasteiger partial charge >= 0.3 is 11.9 Å². The van der Waals surface area contributed by atoms with Gasteiger partial charge < -0.3 is 4.74 Å². The second-order valence-electron chi connectivity index (χ2n) is 2.95. The Balaban J connectivity index is 2.36. The van der Waals surface area contributed by atoms with E-state index in [2.05, 4.69) is 9.72 Å². The molecule has 1 fully saturated rings. The van der Waals surface area contributed by atoms with E-state index in [0.29, 0.717) is 10.6 Å². The Kier molecular flexibility index (Phi) is 2.21. The quantitative estimate of drug-likeness (QED) is 0.519. The predicted molar refractivity (Wildman–Crippen MR) is 47.7 cm³/mol. The van der Waals surface area contributed by atoms with Crippen LogP contribution in [0.2, 0.25) is 5.02 Å². The molecule has 0 saturated carbocycles. The third-order valence-corrected chi connectivity index (χ3v) is 2.36. The summed E-state index contributed by atoms with van der Waals surface area (Å²) >= 11 is 5.84. The number of esters is 2. The molecule has 1 aliphatic rings. The molecule has 1 saturated heterocycles. The molecular formula is C9H6ClNO3. The molecule has 0 aromatic carbocycles. The number of aromatic nitrogens is 1. The lowest BCUT2D eigenvalue weighted by Gasteiger charge is -2.05. The molecule has 14 heavy (non-hydrogen) atoms. The van der Waals surface area contributed by atoms with Gasteiger partial charge in [0.05, 0.1) is 17.4 Å². The van der Waals surface area contributed by atoms with Gasteiger partial charge in [-0.15, -0.1) is 0 Å². The van der Waals surface area contributed by atoms with E-state index in [1.54, 1.807) is 6.07 Å². The standard InChI is InChI=1S/C9H6ClNO3/c10-7-4-11-2-1-5(7)6-3-8(12)14-9(6)13/h1-2,4,6H,3H2. The Morgan fingerprint density at radius 1 is 1.50 bits per heavy atom. The summed E-state index contributed by atoms with van der Waals surface area (Å²) in [5, 5.41) is 0.379. The van der Waals surface area contributed by atoms with Crippen LogP contribution in [-0.4, -0.2) is 16.9 Å². The maximum Gasteiger partial charge on any atom is 0.321 e. The summed E-state index contributed by atoms with van der Waals surface area (Å²) in [4.78, 5) is 25.9.